The van der Waals surface area contributed by atoms with Crippen LogP contribution in [-0.4, -0.2) is 26.0 Å². The van der Waals surface area contributed by atoms with E-state index >= 15 is 0 Å². The molecule has 3 rings (SSSR count). The number of rotatable bonds is 4. The summed E-state index contributed by atoms with van der Waals surface area (Å²) in [5, 5.41) is 0.782. The second-order valence-corrected chi connectivity index (χ2v) is 5.80. The van der Waals surface area contributed by atoms with Gasteiger partial charge in [-0.25, -0.2) is 5.01 Å². The van der Waals surface area contributed by atoms with E-state index in [1.165, 1.54) is 26.4 Å². The van der Waals surface area contributed by atoms with Gasteiger partial charge < -0.3 is 9.47 Å². The van der Waals surface area contributed by atoms with Gasteiger partial charge in [0.25, 0.3) is 11.8 Å². The van der Waals surface area contributed by atoms with Gasteiger partial charge in [0.1, 0.15) is 5.57 Å². The van der Waals surface area contributed by atoms with Gasteiger partial charge in [0.2, 0.25) is 0 Å². The molecule has 2 amide bonds. The van der Waals surface area contributed by atoms with Crippen LogP contribution in [0.3, 0.4) is 0 Å². The van der Waals surface area contributed by atoms with Crippen molar-refractivity contribution >= 4 is 23.6 Å². The lowest BCUT2D eigenvalue weighted by molar-refractivity contribution is -0.137. The van der Waals surface area contributed by atoms with E-state index in [0.29, 0.717) is 17.1 Å². The highest BCUT2D eigenvalue weighted by Gasteiger charge is 2.36. The number of alkyl halides is 3. The molecule has 0 saturated carbocycles. The lowest BCUT2D eigenvalue weighted by Crippen LogP contribution is -2.35. The molecular formula is C19H15F3N2O4. The van der Waals surface area contributed by atoms with E-state index in [-0.39, 0.29) is 11.3 Å². The highest BCUT2D eigenvalue weighted by molar-refractivity contribution is 6.31. The topological polar surface area (TPSA) is 67.9 Å². The Balaban J connectivity index is 1.93. The van der Waals surface area contributed by atoms with E-state index in [4.69, 9.17) is 9.47 Å². The molecule has 0 aromatic heterocycles. The Bertz CT molecular complexity index is 970. The van der Waals surface area contributed by atoms with Crippen molar-refractivity contribution in [1.82, 2.24) is 5.43 Å². The largest absolute Gasteiger partial charge is 0.493 e. The Morgan fingerprint density at radius 2 is 1.71 bits per heavy atom. The monoisotopic (exact) mass is 392 g/mol. The normalized spacial score (nSPS) is 15.8. The van der Waals surface area contributed by atoms with Crippen molar-refractivity contribution < 1.29 is 32.2 Å². The molecule has 0 bridgehead atoms. The number of benzene rings is 2. The number of nitrogens with zero attached hydrogens (tertiary/aromatic N) is 1. The third-order valence-electron chi connectivity index (χ3n) is 4.04. The Hall–Kier alpha value is -3.49. The zero-order valence-electron chi connectivity index (χ0n) is 14.8. The minimum atomic E-state index is -4.57. The third-order valence-corrected chi connectivity index (χ3v) is 4.04. The Kier molecular flexibility index (Phi) is 5.00. The first-order chi connectivity index (χ1) is 13.2. The summed E-state index contributed by atoms with van der Waals surface area (Å²) in [6.45, 7) is 0. The molecular weight excluding hydrogens is 377 g/mol. The fourth-order valence-corrected chi connectivity index (χ4v) is 2.67. The summed E-state index contributed by atoms with van der Waals surface area (Å²) in [5.41, 5.74) is 1.52. The van der Waals surface area contributed by atoms with Crippen LogP contribution < -0.4 is 19.9 Å². The van der Waals surface area contributed by atoms with Gasteiger partial charge >= 0.3 is 6.18 Å². The van der Waals surface area contributed by atoms with Crippen LogP contribution in [0.15, 0.2) is 48.0 Å². The van der Waals surface area contributed by atoms with Gasteiger partial charge in [-0.3, -0.25) is 15.0 Å². The highest BCUT2D eigenvalue weighted by Crippen LogP contribution is 2.33. The predicted molar refractivity (Wildman–Crippen MR) is 94.6 cm³/mol. The number of anilines is 1. The van der Waals surface area contributed by atoms with Crippen molar-refractivity contribution in [1.29, 1.82) is 0 Å². The zero-order valence-corrected chi connectivity index (χ0v) is 14.8. The molecule has 0 aliphatic carbocycles. The summed E-state index contributed by atoms with van der Waals surface area (Å²) in [7, 11) is 2.91. The van der Waals surface area contributed by atoms with E-state index in [2.05, 4.69) is 5.43 Å². The number of hydrogen-bond acceptors (Lipinski definition) is 4. The zero-order chi connectivity index (χ0) is 20.5. The van der Waals surface area contributed by atoms with Crippen LogP contribution in [0.5, 0.6) is 11.5 Å². The number of halogens is 3. The first kappa shape index (κ1) is 19.3. The van der Waals surface area contributed by atoms with Crippen LogP contribution in [0.4, 0.5) is 18.9 Å². The maximum atomic E-state index is 12.9. The average molecular weight is 392 g/mol. The van der Waals surface area contributed by atoms with Gasteiger partial charge in [-0.2, -0.15) is 13.2 Å². The molecule has 1 heterocycles. The molecule has 0 unspecified atom stereocenters. The molecule has 6 nitrogen and oxygen atoms in total. The number of amides is 2. The molecule has 1 fully saturated rings. The fourth-order valence-electron chi connectivity index (χ4n) is 2.67. The highest BCUT2D eigenvalue weighted by atomic mass is 19.4. The van der Waals surface area contributed by atoms with Gasteiger partial charge in [0.15, 0.2) is 11.5 Å². The third kappa shape index (κ3) is 3.64. The van der Waals surface area contributed by atoms with Gasteiger partial charge in [0, 0.05) is 0 Å². The second-order valence-electron chi connectivity index (χ2n) is 5.80. The number of hydrogen-bond donors (Lipinski definition) is 1. The number of carbonyl (C=O) groups is 2. The van der Waals surface area contributed by atoms with Crippen LogP contribution in [-0.2, 0) is 15.8 Å². The van der Waals surface area contributed by atoms with Crippen LogP contribution >= 0.6 is 0 Å². The van der Waals surface area contributed by atoms with Gasteiger partial charge in [-0.15, -0.1) is 0 Å². The van der Waals surface area contributed by atoms with Gasteiger partial charge in [0.05, 0.1) is 25.5 Å². The number of carbonyl (C=O) groups excluding carboxylic acids is 2. The first-order valence-corrected chi connectivity index (χ1v) is 8.01. The number of nitrogens with one attached hydrogen (secondary N) is 1. The van der Waals surface area contributed by atoms with Crippen molar-refractivity contribution in [2.75, 3.05) is 19.2 Å². The van der Waals surface area contributed by atoms with Crippen molar-refractivity contribution in [3.05, 3.63) is 59.2 Å². The molecule has 0 spiro atoms. The van der Waals surface area contributed by atoms with Gasteiger partial charge in [-0.05, 0) is 42.0 Å². The van der Waals surface area contributed by atoms with E-state index in [9.17, 15) is 22.8 Å². The first-order valence-electron chi connectivity index (χ1n) is 8.01. The number of hydrazine groups is 1. The summed E-state index contributed by atoms with van der Waals surface area (Å²) < 4.78 is 49.0. The van der Waals surface area contributed by atoms with Crippen molar-refractivity contribution in [3.63, 3.8) is 0 Å². The van der Waals surface area contributed by atoms with E-state index in [1.54, 1.807) is 18.2 Å². The molecule has 2 aromatic rings. The number of methoxy groups -OCH3 is 2. The Morgan fingerprint density at radius 1 is 1.00 bits per heavy atom. The van der Waals surface area contributed by atoms with Crippen molar-refractivity contribution in [3.8, 4) is 11.5 Å². The molecule has 1 aliphatic heterocycles. The standard InChI is InChI=1S/C19H15F3N2O4/c1-27-15-7-6-11(9-16(15)28-2)8-14-17(25)23-24(18(14)26)13-5-3-4-12(10-13)19(20,21)22/h3-10H,1-2H3,(H,23,25)/b14-8-. The quantitative estimate of drug-likeness (QED) is 0.641. The van der Waals surface area contributed by atoms with E-state index < -0.39 is 23.6 Å². The average Bonchev–Trinajstić information content (AvgIpc) is 2.95. The predicted octanol–water partition coefficient (Wildman–Crippen LogP) is 3.18. The minimum Gasteiger partial charge on any atom is -0.493 e. The molecule has 9 heteroatoms. The van der Waals surface area contributed by atoms with Gasteiger partial charge in [-0.1, -0.05) is 12.1 Å². The molecule has 2 aromatic carbocycles. The van der Waals surface area contributed by atoms with Crippen LogP contribution in [0, 0.1) is 0 Å². The van der Waals surface area contributed by atoms with Crippen LogP contribution in [0.25, 0.3) is 6.08 Å². The summed E-state index contributed by atoms with van der Waals surface area (Å²) in [4.78, 5) is 24.8. The Labute approximate surface area is 158 Å². The maximum Gasteiger partial charge on any atom is 0.416 e. The SMILES string of the molecule is COc1ccc(/C=C2/C(=O)NN(c3cccc(C(F)(F)F)c3)C2=O)cc1OC. The second kappa shape index (κ2) is 7.26. The summed E-state index contributed by atoms with van der Waals surface area (Å²) in [6.07, 6.45) is -3.24. The molecule has 28 heavy (non-hydrogen) atoms. The molecule has 1 N–H and O–H groups in total. The lowest BCUT2D eigenvalue weighted by Gasteiger charge is -2.16. The van der Waals surface area contributed by atoms with Crippen LogP contribution in [0.1, 0.15) is 11.1 Å². The molecule has 0 atom stereocenters. The summed E-state index contributed by atoms with van der Waals surface area (Å²) >= 11 is 0. The fraction of sp³-hybridized carbons (Fsp3) is 0.158. The molecule has 0 radical (unpaired) electrons. The Morgan fingerprint density at radius 3 is 2.36 bits per heavy atom. The molecule has 1 aliphatic rings. The van der Waals surface area contributed by atoms with Crippen molar-refractivity contribution in [2.24, 2.45) is 0 Å². The van der Waals surface area contributed by atoms with E-state index in [0.717, 1.165) is 23.2 Å². The summed E-state index contributed by atoms with van der Waals surface area (Å²) in [6, 6.07) is 8.92. The van der Waals surface area contributed by atoms with E-state index in [1.807, 2.05) is 0 Å². The maximum absolute atomic E-state index is 12.9. The molecule has 146 valence electrons. The molecule has 1 saturated heterocycles. The lowest BCUT2D eigenvalue weighted by atomic mass is 10.1. The smallest absolute Gasteiger partial charge is 0.416 e. The van der Waals surface area contributed by atoms with Crippen molar-refractivity contribution in [2.45, 2.75) is 6.18 Å². The van der Waals surface area contributed by atoms with Crippen LogP contribution in [0.2, 0.25) is 0 Å². The number of ether oxygens (including phenoxy) is 2. The summed E-state index contributed by atoms with van der Waals surface area (Å²) in [5.74, 6) is -0.619. The minimum absolute atomic E-state index is 0.0936.